The Kier molecular flexibility index (Phi) is 9.68. The highest BCUT2D eigenvalue weighted by Gasteiger charge is 2.22. The summed E-state index contributed by atoms with van der Waals surface area (Å²) in [5.74, 6) is -0.284. The summed E-state index contributed by atoms with van der Waals surface area (Å²) in [6.07, 6.45) is 17.7. The Morgan fingerprint density at radius 2 is 1.62 bits per heavy atom. The molecular formula is C18H30O3. The van der Waals surface area contributed by atoms with E-state index < -0.39 is 0 Å². The van der Waals surface area contributed by atoms with Gasteiger partial charge in [-0.2, -0.15) is 0 Å². The van der Waals surface area contributed by atoms with Crippen molar-refractivity contribution in [2.45, 2.75) is 77.6 Å². The van der Waals surface area contributed by atoms with Crippen molar-refractivity contribution in [3.8, 4) is 0 Å². The molecule has 0 aromatic rings. The van der Waals surface area contributed by atoms with Crippen molar-refractivity contribution < 1.29 is 14.6 Å². The van der Waals surface area contributed by atoms with Crippen molar-refractivity contribution in [1.29, 1.82) is 0 Å². The van der Waals surface area contributed by atoms with Crippen LogP contribution in [0, 0.1) is 0 Å². The van der Waals surface area contributed by atoms with E-state index in [1.54, 1.807) is 0 Å². The molecular weight excluding hydrogens is 264 g/mol. The number of carbonyl (C=O) groups is 1. The van der Waals surface area contributed by atoms with Crippen molar-refractivity contribution in [2.75, 3.05) is 6.61 Å². The molecule has 0 aliphatic carbocycles. The van der Waals surface area contributed by atoms with Gasteiger partial charge in [-0.15, -0.1) is 0 Å². The summed E-state index contributed by atoms with van der Waals surface area (Å²) in [5, 5.41) is 9.44. The molecule has 0 bridgehead atoms. The molecule has 21 heavy (non-hydrogen) atoms. The fourth-order valence-electron chi connectivity index (χ4n) is 2.52. The lowest BCUT2D eigenvalue weighted by Crippen LogP contribution is -1.97. The first-order valence-electron chi connectivity index (χ1n) is 8.48. The average molecular weight is 294 g/mol. The summed E-state index contributed by atoms with van der Waals surface area (Å²) in [5.41, 5.74) is 0.415. The van der Waals surface area contributed by atoms with Crippen LogP contribution in [0.2, 0.25) is 0 Å². The summed E-state index contributed by atoms with van der Waals surface area (Å²) in [7, 11) is 0. The van der Waals surface area contributed by atoms with Crippen molar-refractivity contribution in [2.24, 2.45) is 0 Å². The predicted octanol–water partition coefficient (Wildman–Crippen LogP) is 5.22. The van der Waals surface area contributed by atoms with E-state index in [2.05, 4.69) is 13.0 Å². The number of carbonyl (C=O) groups excluding carboxylic acids is 1. The van der Waals surface area contributed by atoms with Gasteiger partial charge in [0.05, 0.1) is 5.57 Å². The van der Waals surface area contributed by atoms with Gasteiger partial charge in [0.15, 0.2) is 0 Å². The topological polar surface area (TPSA) is 46.5 Å². The molecule has 0 fully saturated rings. The van der Waals surface area contributed by atoms with Gasteiger partial charge in [0.2, 0.25) is 0 Å². The average Bonchev–Trinajstić information content (AvgIpc) is 2.80. The van der Waals surface area contributed by atoms with Crippen LogP contribution in [0.25, 0.3) is 0 Å². The second-order valence-corrected chi connectivity index (χ2v) is 5.79. The van der Waals surface area contributed by atoms with E-state index in [1.807, 2.05) is 6.08 Å². The number of esters is 1. The SMILES string of the molecule is CCCCCCCCCCC/C=C/CC1=C(O)COC1=O. The van der Waals surface area contributed by atoms with Gasteiger partial charge in [-0.25, -0.2) is 4.79 Å². The lowest BCUT2D eigenvalue weighted by atomic mass is 10.1. The number of hydrogen-bond acceptors (Lipinski definition) is 3. The minimum Gasteiger partial charge on any atom is -0.508 e. The Balaban J connectivity index is 1.91. The van der Waals surface area contributed by atoms with Crippen LogP contribution in [0.3, 0.4) is 0 Å². The predicted molar refractivity (Wildman–Crippen MR) is 86.2 cm³/mol. The molecule has 0 amide bonds. The van der Waals surface area contributed by atoms with Crippen LogP contribution in [-0.2, 0) is 9.53 Å². The van der Waals surface area contributed by atoms with Gasteiger partial charge in [-0.3, -0.25) is 0 Å². The Morgan fingerprint density at radius 3 is 2.19 bits per heavy atom. The third kappa shape index (κ3) is 7.93. The first kappa shape index (κ1) is 17.8. The van der Waals surface area contributed by atoms with Crippen molar-refractivity contribution in [3.63, 3.8) is 0 Å². The summed E-state index contributed by atoms with van der Waals surface area (Å²) in [6.45, 7) is 2.29. The van der Waals surface area contributed by atoms with Crippen LogP contribution in [0.4, 0.5) is 0 Å². The smallest absolute Gasteiger partial charge is 0.338 e. The normalized spacial score (nSPS) is 15.2. The largest absolute Gasteiger partial charge is 0.508 e. The fourth-order valence-corrected chi connectivity index (χ4v) is 2.52. The van der Waals surface area contributed by atoms with Gasteiger partial charge in [-0.1, -0.05) is 70.4 Å². The Morgan fingerprint density at radius 1 is 1.00 bits per heavy atom. The molecule has 1 heterocycles. The van der Waals surface area contributed by atoms with Gasteiger partial charge in [-0.05, 0) is 12.8 Å². The molecule has 120 valence electrons. The third-order valence-corrected chi connectivity index (χ3v) is 3.90. The second-order valence-electron chi connectivity index (χ2n) is 5.79. The zero-order valence-electron chi connectivity index (χ0n) is 13.4. The lowest BCUT2D eigenvalue weighted by molar-refractivity contribution is -0.136. The van der Waals surface area contributed by atoms with Crippen molar-refractivity contribution in [1.82, 2.24) is 0 Å². The van der Waals surface area contributed by atoms with E-state index in [-0.39, 0.29) is 18.3 Å². The summed E-state index contributed by atoms with van der Waals surface area (Å²) < 4.78 is 4.74. The number of hydrogen-bond donors (Lipinski definition) is 1. The summed E-state index contributed by atoms with van der Waals surface area (Å²) in [4.78, 5) is 11.2. The van der Waals surface area contributed by atoms with Gasteiger partial charge >= 0.3 is 5.97 Å². The zero-order valence-corrected chi connectivity index (χ0v) is 13.4. The van der Waals surface area contributed by atoms with Gasteiger partial charge < -0.3 is 9.84 Å². The monoisotopic (exact) mass is 294 g/mol. The number of aliphatic hydroxyl groups excluding tert-OH is 1. The van der Waals surface area contributed by atoms with Gasteiger partial charge in [0, 0.05) is 6.42 Å². The maximum atomic E-state index is 11.2. The van der Waals surface area contributed by atoms with Gasteiger partial charge in [0.25, 0.3) is 0 Å². The minimum atomic E-state index is -0.375. The Hall–Kier alpha value is -1.25. The maximum absolute atomic E-state index is 11.2. The fraction of sp³-hybridized carbons (Fsp3) is 0.722. The van der Waals surface area contributed by atoms with Crippen LogP contribution in [-0.4, -0.2) is 17.7 Å². The molecule has 3 nitrogen and oxygen atoms in total. The molecule has 0 aromatic heterocycles. The second kappa shape index (κ2) is 11.4. The van der Waals surface area contributed by atoms with E-state index in [0.29, 0.717) is 12.0 Å². The molecule has 0 atom stereocenters. The number of aliphatic hydroxyl groups is 1. The van der Waals surface area contributed by atoms with E-state index >= 15 is 0 Å². The number of allylic oxidation sites excluding steroid dienone is 2. The highest BCUT2D eigenvalue weighted by atomic mass is 16.5. The van der Waals surface area contributed by atoms with Crippen LogP contribution < -0.4 is 0 Å². The molecule has 1 aliphatic rings. The van der Waals surface area contributed by atoms with Crippen LogP contribution >= 0.6 is 0 Å². The molecule has 0 saturated carbocycles. The first-order valence-corrected chi connectivity index (χ1v) is 8.48. The van der Waals surface area contributed by atoms with Gasteiger partial charge in [0.1, 0.15) is 12.4 Å². The first-order chi connectivity index (χ1) is 10.3. The van der Waals surface area contributed by atoms with Crippen molar-refractivity contribution in [3.05, 3.63) is 23.5 Å². The highest BCUT2D eigenvalue weighted by Crippen LogP contribution is 2.17. The van der Waals surface area contributed by atoms with Crippen LogP contribution in [0.1, 0.15) is 77.6 Å². The molecule has 1 aliphatic heterocycles. The molecule has 0 unspecified atom stereocenters. The van der Waals surface area contributed by atoms with E-state index in [4.69, 9.17) is 4.74 Å². The maximum Gasteiger partial charge on any atom is 0.338 e. The van der Waals surface area contributed by atoms with Crippen LogP contribution in [0.5, 0.6) is 0 Å². The molecule has 0 aromatic carbocycles. The number of unbranched alkanes of at least 4 members (excludes halogenated alkanes) is 9. The zero-order chi connectivity index (χ0) is 15.3. The molecule has 0 spiro atoms. The molecule has 1 rings (SSSR count). The standard InChI is InChI=1S/C18H30O3/c1-2-3-4-5-6-7-8-9-10-11-12-13-14-16-17(19)15-21-18(16)20/h12-13,19H,2-11,14-15H2,1H3/b13-12+. The minimum absolute atomic E-state index is 0.0419. The van der Waals surface area contributed by atoms with E-state index in [0.717, 1.165) is 6.42 Å². The molecule has 0 saturated heterocycles. The molecule has 3 heteroatoms. The van der Waals surface area contributed by atoms with Crippen LogP contribution in [0.15, 0.2) is 23.5 Å². The third-order valence-electron chi connectivity index (χ3n) is 3.90. The number of cyclic esters (lactones) is 1. The Bertz CT molecular complexity index is 355. The summed E-state index contributed by atoms with van der Waals surface area (Å²) in [6, 6.07) is 0. The van der Waals surface area contributed by atoms with E-state index in [1.165, 1.54) is 57.8 Å². The van der Waals surface area contributed by atoms with Crippen molar-refractivity contribution >= 4 is 5.97 Å². The summed E-state index contributed by atoms with van der Waals surface area (Å²) >= 11 is 0. The van der Waals surface area contributed by atoms with E-state index in [9.17, 15) is 9.90 Å². The molecule has 0 radical (unpaired) electrons. The quantitative estimate of drug-likeness (QED) is 0.305. The number of rotatable bonds is 12. The lowest BCUT2D eigenvalue weighted by Gasteiger charge is -2.00. The Labute approximate surface area is 129 Å². The highest BCUT2D eigenvalue weighted by molar-refractivity contribution is 5.91. The molecule has 1 N–H and O–H groups in total. The number of ether oxygens (including phenoxy) is 1.